The van der Waals surface area contributed by atoms with Crippen molar-refractivity contribution in [2.24, 2.45) is 0 Å². The van der Waals surface area contributed by atoms with Crippen LogP contribution in [0, 0.1) is 0 Å². The average molecular weight is 317 g/mol. The van der Waals surface area contributed by atoms with E-state index in [-0.39, 0.29) is 10.5 Å². The molecule has 0 unspecified atom stereocenters. The summed E-state index contributed by atoms with van der Waals surface area (Å²) in [5.74, 6) is -4.94. The highest BCUT2D eigenvalue weighted by molar-refractivity contribution is 7.11. The summed E-state index contributed by atoms with van der Waals surface area (Å²) in [5.41, 5.74) is -0.0738. The Balaban J connectivity index is 2.56. The summed E-state index contributed by atoms with van der Waals surface area (Å²) in [6, 6.07) is 0. The zero-order valence-electron chi connectivity index (χ0n) is 11.3. The van der Waals surface area contributed by atoms with Gasteiger partial charge in [-0.3, -0.25) is 0 Å². The predicted molar refractivity (Wildman–Crippen MR) is 65.9 cm³/mol. The molecule has 0 radical (unpaired) electrons. The molecule has 0 aromatic carbocycles. The third kappa shape index (κ3) is 4.62. The van der Waals surface area contributed by atoms with Crippen LogP contribution in [0.15, 0.2) is 0 Å². The lowest BCUT2D eigenvalue weighted by Crippen LogP contribution is -2.36. The third-order valence-electron chi connectivity index (χ3n) is 2.31. The molecule has 0 amide bonds. The van der Waals surface area contributed by atoms with Gasteiger partial charge in [-0.2, -0.15) is 22.0 Å². The second-order valence-electron chi connectivity index (χ2n) is 5.35. The molecule has 0 saturated heterocycles. The standard InChI is InChI=1S/C11H16F5N3S/c1-9(2,3)17-6-4-5-7-18-19-8(20-7)10(12,13)11(14,15)16/h17H,4-6H2,1-3H3. The minimum atomic E-state index is -5.64. The first-order valence-corrected chi connectivity index (χ1v) is 6.77. The van der Waals surface area contributed by atoms with Crippen LogP contribution in [0.25, 0.3) is 0 Å². The lowest BCUT2D eigenvalue weighted by Gasteiger charge is -2.20. The van der Waals surface area contributed by atoms with Gasteiger partial charge < -0.3 is 5.32 Å². The summed E-state index contributed by atoms with van der Waals surface area (Å²) >= 11 is 0.305. The van der Waals surface area contributed by atoms with Crippen LogP contribution in [-0.2, 0) is 12.3 Å². The highest BCUT2D eigenvalue weighted by atomic mass is 32.1. The van der Waals surface area contributed by atoms with Gasteiger partial charge in [0.2, 0.25) is 0 Å². The SMILES string of the molecule is CC(C)(C)NCCCc1nnc(C(F)(F)C(F)(F)F)s1. The van der Waals surface area contributed by atoms with E-state index in [4.69, 9.17) is 0 Å². The maximum Gasteiger partial charge on any atom is 0.460 e. The minimum absolute atomic E-state index is 0.0738. The topological polar surface area (TPSA) is 37.8 Å². The van der Waals surface area contributed by atoms with Gasteiger partial charge in [-0.05, 0) is 33.7 Å². The number of rotatable bonds is 5. The number of alkyl halides is 5. The molecule has 1 aromatic rings. The Morgan fingerprint density at radius 2 is 1.65 bits per heavy atom. The van der Waals surface area contributed by atoms with Crippen LogP contribution >= 0.6 is 11.3 Å². The first-order valence-electron chi connectivity index (χ1n) is 5.96. The predicted octanol–water partition coefficient (Wildman–Crippen LogP) is 3.51. The van der Waals surface area contributed by atoms with Gasteiger partial charge in [0, 0.05) is 12.0 Å². The van der Waals surface area contributed by atoms with E-state index in [0.29, 0.717) is 30.7 Å². The summed E-state index contributed by atoms with van der Waals surface area (Å²) in [4.78, 5) is 0. The summed E-state index contributed by atoms with van der Waals surface area (Å²) in [6.07, 6.45) is -4.74. The highest BCUT2D eigenvalue weighted by Crippen LogP contribution is 2.44. The van der Waals surface area contributed by atoms with Crippen molar-refractivity contribution in [3.63, 3.8) is 0 Å². The fourth-order valence-corrected chi connectivity index (χ4v) is 2.18. The van der Waals surface area contributed by atoms with E-state index < -0.39 is 17.1 Å². The molecule has 3 nitrogen and oxygen atoms in total. The summed E-state index contributed by atoms with van der Waals surface area (Å²) in [7, 11) is 0. The molecule has 0 spiro atoms. The van der Waals surface area contributed by atoms with Gasteiger partial charge in [0.05, 0.1) is 0 Å². The Bertz CT molecular complexity index is 436. The molecule has 1 heterocycles. The molecule has 1 N–H and O–H groups in total. The van der Waals surface area contributed by atoms with Crippen molar-refractivity contribution in [1.29, 1.82) is 0 Å². The number of aromatic nitrogens is 2. The number of nitrogens with one attached hydrogen (secondary N) is 1. The van der Waals surface area contributed by atoms with E-state index in [0.717, 1.165) is 0 Å². The van der Waals surface area contributed by atoms with Crippen LogP contribution in [0.4, 0.5) is 22.0 Å². The van der Waals surface area contributed by atoms with Crippen molar-refractivity contribution in [2.45, 2.75) is 51.3 Å². The Morgan fingerprint density at radius 1 is 1.05 bits per heavy atom. The van der Waals surface area contributed by atoms with Gasteiger partial charge in [-0.1, -0.05) is 11.3 Å². The monoisotopic (exact) mass is 317 g/mol. The second kappa shape index (κ2) is 5.88. The van der Waals surface area contributed by atoms with E-state index in [1.54, 1.807) is 0 Å². The van der Waals surface area contributed by atoms with Gasteiger partial charge in [-0.15, -0.1) is 10.2 Å². The first-order chi connectivity index (χ1) is 8.93. The zero-order chi connectivity index (χ0) is 15.6. The van der Waals surface area contributed by atoms with E-state index >= 15 is 0 Å². The van der Waals surface area contributed by atoms with Gasteiger partial charge in [0.15, 0.2) is 5.01 Å². The van der Waals surface area contributed by atoms with Crippen LogP contribution in [0.2, 0.25) is 0 Å². The molecule has 0 saturated carbocycles. The molecule has 1 rings (SSSR count). The molecule has 20 heavy (non-hydrogen) atoms. The first kappa shape index (κ1) is 17.2. The van der Waals surface area contributed by atoms with Crippen molar-refractivity contribution < 1.29 is 22.0 Å². The largest absolute Gasteiger partial charge is 0.460 e. The lowest BCUT2D eigenvalue weighted by atomic mass is 10.1. The molecule has 0 aliphatic heterocycles. The molecule has 0 fully saturated rings. The van der Waals surface area contributed by atoms with Crippen molar-refractivity contribution in [2.75, 3.05) is 6.54 Å². The lowest BCUT2D eigenvalue weighted by molar-refractivity contribution is -0.289. The third-order valence-corrected chi connectivity index (χ3v) is 3.37. The second-order valence-corrected chi connectivity index (χ2v) is 6.42. The van der Waals surface area contributed by atoms with Gasteiger partial charge in [-0.25, -0.2) is 0 Å². The van der Waals surface area contributed by atoms with Crippen LogP contribution in [-0.4, -0.2) is 28.5 Å². The molecular formula is C11H16F5N3S. The maximum atomic E-state index is 13.0. The number of hydrogen-bond acceptors (Lipinski definition) is 4. The number of nitrogens with zero attached hydrogens (tertiary/aromatic N) is 2. The van der Waals surface area contributed by atoms with Crippen LogP contribution < -0.4 is 5.32 Å². The van der Waals surface area contributed by atoms with Crippen molar-refractivity contribution in [1.82, 2.24) is 15.5 Å². The van der Waals surface area contributed by atoms with E-state index in [1.807, 2.05) is 20.8 Å². The average Bonchev–Trinajstić information content (AvgIpc) is 2.70. The molecule has 0 aliphatic carbocycles. The molecule has 1 aromatic heterocycles. The summed E-state index contributed by atoms with van der Waals surface area (Å²) in [5, 5.41) is 8.41. The Hall–Kier alpha value is -0.830. The van der Waals surface area contributed by atoms with Crippen LogP contribution in [0.1, 0.15) is 37.2 Å². The fourth-order valence-electron chi connectivity index (χ4n) is 1.31. The Morgan fingerprint density at radius 3 is 2.15 bits per heavy atom. The number of hydrogen-bond donors (Lipinski definition) is 1. The summed E-state index contributed by atoms with van der Waals surface area (Å²) < 4.78 is 62.4. The van der Waals surface area contributed by atoms with Crippen molar-refractivity contribution in [3.05, 3.63) is 10.0 Å². The molecule has 116 valence electrons. The molecule has 0 aliphatic rings. The van der Waals surface area contributed by atoms with Crippen LogP contribution in [0.3, 0.4) is 0 Å². The van der Waals surface area contributed by atoms with Gasteiger partial charge in [0.1, 0.15) is 5.01 Å². The number of halogens is 5. The Labute approximate surface area is 117 Å². The zero-order valence-corrected chi connectivity index (χ0v) is 12.1. The smallest absolute Gasteiger partial charge is 0.312 e. The molecule has 0 atom stereocenters. The normalized spacial score (nSPS) is 13.8. The van der Waals surface area contributed by atoms with Crippen molar-refractivity contribution in [3.8, 4) is 0 Å². The van der Waals surface area contributed by atoms with Crippen molar-refractivity contribution >= 4 is 11.3 Å². The quantitative estimate of drug-likeness (QED) is 0.667. The maximum absolute atomic E-state index is 13.0. The molecule has 0 bridgehead atoms. The summed E-state index contributed by atoms with van der Waals surface area (Å²) in [6.45, 7) is 6.54. The fraction of sp³-hybridized carbons (Fsp3) is 0.818. The Kier molecular flexibility index (Phi) is 5.07. The van der Waals surface area contributed by atoms with Crippen LogP contribution in [0.5, 0.6) is 0 Å². The van der Waals surface area contributed by atoms with E-state index in [2.05, 4.69) is 15.5 Å². The van der Waals surface area contributed by atoms with E-state index in [9.17, 15) is 22.0 Å². The minimum Gasteiger partial charge on any atom is -0.312 e. The number of aryl methyl sites for hydroxylation is 1. The molecular weight excluding hydrogens is 301 g/mol. The molecule has 9 heteroatoms. The van der Waals surface area contributed by atoms with E-state index in [1.165, 1.54) is 0 Å². The van der Waals surface area contributed by atoms with Gasteiger partial charge >= 0.3 is 12.1 Å². The van der Waals surface area contributed by atoms with Gasteiger partial charge in [0.25, 0.3) is 0 Å². The highest BCUT2D eigenvalue weighted by Gasteiger charge is 2.61.